The molecule has 2 N–H and O–H groups in total. The maximum atomic E-state index is 13.9. The van der Waals surface area contributed by atoms with Crippen molar-refractivity contribution in [1.29, 1.82) is 0 Å². The minimum atomic E-state index is -0.411. The fourth-order valence-corrected chi connectivity index (χ4v) is 2.40. The molecule has 1 unspecified atom stereocenters. The van der Waals surface area contributed by atoms with Crippen molar-refractivity contribution in [2.45, 2.75) is 12.5 Å². The molecule has 1 atom stereocenters. The first kappa shape index (κ1) is 15.6. The van der Waals surface area contributed by atoms with Gasteiger partial charge in [-0.05, 0) is 30.2 Å². The Morgan fingerprint density at radius 2 is 1.95 bits per heavy atom. The van der Waals surface area contributed by atoms with E-state index in [1.165, 1.54) is 6.07 Å². The summed E-state index contributed by atoms with van der Waals surface area (Å²) in [6, 6.07) is 9.63. The van der Waals surface area contributed by atoms with Gasteiger partial charge in [0.05, 0.1) is 14.2 Å². The molecule has 0 heterocycles. The van der Waals surface area contributed by atoms with Gasteiger partial charge in [-0.25, -0.2) is 4.39 Å². The second-order valence-corrected chi connectivity index (χ2v) is 5.07. The van der Waals surface area contributed by atoms with Crippen LogP contribution < -0.4 is 15.2 Å². The molecule has 2 aromatic carbocycles. The Morgan fingerprint density at radius 3 is 2.57 bits per heavy atom. The van der Waals surface area contributed by atoms with Crippen molar-refractivity contribution in [2.24, 2.45) is 5.73 Å². The highest BCUT2D eigenvalue weighted by Crippen LogP contribution is 2.35. The van der Waals surface area contributed by atoms with E-state index in [4.69, 9.17) is 26.8 Å². The first-order chi connectivity index (χ1) is 10.1. The number of rotatable bonds is 5. The summed E-state index contributed by atoms with van der Waals surface area (Å²) in [5.74, 6) is 0.809. The highest BCUT2D eigenvalue weighted by atomic mass is 35.5. The van der Waals surface area contributed by atoms with E-state index in [9.17, 15) is 4.39 Å². The molecule has 0 saturated carbocycles. The molecule has 112 valence electrons. The smallest absolute Gasteiger partial charge is 0.165 e. The van der Waals surface area contributed by atoms with Crippen molar-refractivity contribution in [3.63, 3.8) is 0 Å². The van der Waals surface area contributed by atoms with Crippen LogP contribution in [0.15, 0.2) is 36.4 Å². The van der Waals surface area contributed by atoms with Gasteiger partial charge in [-0.1, -0.05) is 29.8 Å². The van der Waals surface area contributed by atoms with Crippen molar-refractivity contribution >= 4 is 11.6 Å². The molecule has 0 aromatic heterocycles. The maximum Gasteiger partial charge on any atom is 0.165 e. The van der Waals surface area contributed by atoms with E-state index in [1.807, 2.05) is 12.1 Å². The SMILES string of the molecule is COc1cccc(C(N)Cc2ccc(Cl)cc2F)c1OC. The molecule has 0 aliphatic carbocycles. The number of benzene rings is 2. The molecule has 0 aliphatic heterocycles. The molecule has 0 saturated heterocycles. The average molecular weight is 310 g/mol. The van der Waals surface area contributed by atoms with Crippen LogP contribution in [-0.2, 0) is 6.42 Å². The normalized spacial score (nSPS) is 12.0. The van der Waals surface area contributed by atoms with Gasteiger partial charge in [-0.2, -0.15) is 0 Å². The average Bonchev–Trinajstić information content (AvgIpc) is 2.49. The van der Waals surface area contributed by atoms with Crippen LogP contribution in [0.5, 0.6) is 11.5 Å². The van der Waals surface area contributed by atoms with E-state index in [1.54, 1.807) is 32.4 Å². The Bertz CT molecular complexity index is 634. The minimum Gasteiger partial charge on any atom is -0.493 e. The van der Waals surface area contributed by atoms with Gasteiger partial charge in [-0.15, -0.1) is 0 Å². The molecule has 0 amide bonds. The first-order valence-electron chi connectivity index (χ1n) is 6.47. The predicted octanol–water partition coefficient (Wildman–Crippen LogP) is 3.74. The molecular weight excluding hydrogens is 293 g/mol. The van der Waals surface area contributed by atoms with Crippen LogP contribution in [-0.4, -0.2) is 14.2 Å². The number of hydrogen-bond acceptors (Lipinski definition) is 3. The highest BCUT2D eigenvalue weighted by Gasteiger charge is 2.17. The van der Waals surface area contributed by atoms with Gasteiger partial charge < -0.3 is 15.2 Å². The van der Waals surface area contributed by atoms with E-state index >= 15 is 0 Å². The van der Waals surface area contributed by atoms with E-state index in [-0.39, 0.29) is 5.82 Å². The zero-order valence-electron chi connectivity index (χ0n) is 11.9. The standard InChI is InChI=1S/C16H17ClFNO2/c1-20-15-5-3-4-12(16(15)21-2)14(19)8-10-6-7-11(17)9-13(10)18/h3-7,9,14H,8,19H2,1-2H3. The van der Waals surface area contributed by atoms with Crippen LogP contribution in [0.1, 0.15) is 17.2 Å². The summed E-state index contributed by atoms with van der Waals surface area (Å²) in [6.07, 6.45) is 0.340. The molecule has 21 heavy (non-hydrogen) atoms. The Hall–Kier alpha value is -1.78. The Labute approximate surface area is 128 Å². The monoisotopic (exact) mass is 309 g/mol. The van der Waals surface area contributed by atoms with Gasteiger partial charge in [0.1, 0.15) is 5.82 Å². The van der Waals surface area contributed by atoms with E-state index in [0.717, 1.165) is 5.56 Å². The van der Waals surface area contributed by atoms with E-state index in [0.29, 0.717) is 28.5 Å². The van der Waals surface area contributed by atoms with E-state index < -0.39 is 6.04 Å². The van der Waals surface area contributed by atoms with Crippen molar-refractivity contribution in [3.05, 3.63) is 58.4 Å². The summed E-state index contributed by atoms with van der Waals surface area (Å²) >= 11 is 5.75. The fourth-order valence-electron chi connectivity index (χ4n) is 2.24. The van der Waals surface area contributed by atoms with Crippen LogP contribution >= 0.6 is 11.6 Å². The molecule has 0 spiro atoms. The molecule has 0 bridgehead atoms. The Kier molecular flexibility index (Phi) is 5.04. The van der Waals surface area contributed by atoms with Crippen LogP contribution in [0, 0.1) is 5.82 Å². The van der Waals surface area contributed by atoms with Gasteiger partial charge in [0.25, 0.3) is 0 Å². The largest absolute Gasteiger partial charge is 0.493 e. The fraction of sp³-hybridized carbons (Fsp3) is 0.250. The summed E-state index contributed by atoms with van der Waals surface area (Å²) in [7, 11) is 3.11. The molecular formula is C16H17ClFNO2. The maximum absolute atomic E-state index is 13.9. The van der Waals surface area contributed by atoms with Crippen molar-refractivity contribution in [2.75, 3.05) is 14.2 Å². The van der Waals surface area contributed by atoms with Crippen LogP contribution in [0.3, 0.4) is 0 Å². The van der Waals surface area contributed by atoms with Crippen molar-refractivity contribution in [3.8, 4) is 11.5 Å². The zero-order valence-corrected chi connectivity index (χ0v) is 12.7. The van der Waals surface area contributed by atoms with Gasteiger partial charge in [0.2, 0.25) is 0 Å². The third kappa shape index (κ3) is 3.46. The third-order valence-corrected chi connectivity index (χ3v) is 3.52. The molecule has 5 heteroatoms. The summed E-state index contributed by atoms with van der Waals surface area (Å²) in [6.45, 7) is 0. The van der Waals surface area contributed by atoms with Crippen LogP contribution in [0.2, 0.25) is 5.02 Å². The van der Waals surface area contributed by atoms with Crippen LogP contribution in [0.4, 0.5) is 4.39 Å². The lowest BCUT2D eigenvalue weighted by Crippen LogP contribution is -2.15. The highest BCUT2D eigenvalue weighted by molar-refractivity contribution is 6.30. The number of hydrogen-bond donors (Lipinski definition) is 1. The summed E-state index contributed by atoms with van der Waals surface area (Å²) in [5, 5.41) is 0.365. The molecule has 2 rings (SSSR count). The second-order valence-electron chi connectivity index (χ2n) is 4.63. The van der Waals surface area contributed by atoms with Gasteiger partial charge in [0.15, 0.2) is 11.5 Å². The second kappa shape index (κ2) is 6.78. The first-order valence-corrected chi connectivity index (χ1v) is 6.85. The van der Waals surface area contributed by atoms with Crippen molar-refractivity contribution in [1.82, 2.24) is 0 Å². The molecule has 2 aromatic rings. The topological polar surface area (TPSA) is 44.5 Å². The van der Waals surface area contributed by atoms with Gasteiger partial charge in [-0.3, -0.25) is 0 Å². The quantitative estimate of drug-likeness (QED) is 0.915. The lowest BCUT2D eigenvalue weighted by atomic mass is 9.98. The lowest BCUT2D eigenvalue weighted by molar-refractivity contribution is 0.349. The van der Waals surface area contributed by atoms with Gasteiger partial charge in [0, 0.05) is 16.6 Å². The number of nitrogens with two attached hydrogens (primary N) is 1. The predicted molar refractivity (Wildman–Crippen MR) is 81.6 cm³/mol. The molecule has 0 fully saturated rings. The third-order valence-electron chi connectivity index (χ3n) is 3.29. The van der Waals surface area contributed by atoms with Crippen molar-refractivity contribution < 1.29 is 13.9 Å². The summed E-state index contributed by atoms with van der Waals surface area (Å²) < 4.78 is 24.5. The lowest BCUT2D eigenvalue weighted by Gasteiger charge is -2.18. The Balaban J connectivity index is 2.30. The number of ether oxygens (including phenoxy) is 2. The van der Waals surface area contributed by atoms with E-state index in [2.05, 4.69) is 0 Å². The minimum absolute atomic E-state index is 0.340. The Morgan fingerprint density at radius 1 is 1.19 bits per heavy atom. The van der Waals surface area contributed by atoms with Gasteiger partial charge >= 0.3 is 0 Å². The number of para-hydroxylation sites is 1. The number of halogens is 2. The van der Waals surface area contributed by atoms with Crippen LogP contribution in [0.25, 0.3) is 0 Å². The molecule has 0 radical (unpaired) electrons. The zero-order chi connectivity index (χ0) is 15.4. The molecule has 3 nitrogen and oxygen atoms in total. The molecule has 0 aliphatic rings. The number of methoxy groups -OCH3 is 2. The summed E-state index contributed by atoms with van der Waals surface area (Å²) in [4.78, 5) is 0. The summed E-state index contributed by atoms with van der Waals surface area (Å²) in [5.41, 5.74) is 7.48.